The van der Waals surface area contributed by atoms with Crippen molar-refractivity contribution in [2.75, 3.05) is 28.4 Å². The van der Waals surface area contributed by atoms with Crippen LogP contribution in [0.15, 0.2) is 36.4 Å². The van der Waals surface area contributed by atoms with Crippen molar-refractivity contribution in [1.29, 1.82) is 0 Å². The minimum Gasteiger partial charge on any atom is -0.493 e. The second kappa shape index (κ2) is 8.79. The Morgan fingerprint density at radius 1 is 0.710 bits per heavy atom. The van der Waals surface area contributed by atoms with Crippen LogP contribution in [0.2, 0.25) is 0 Å². The molecule has 6 nitrogen and oxygen atoms in total. The van der Waals surface area contributed by atoms with Crippen molar-refractivity contribution in [3.05, 3.63) is 47.5 Å². The highest BCUT2D eigenvalue weighted by Crippen LogP contribution is 2.49. The summed E-state index contributed by atoms with van der Waals surface area (Å²) in [6, 6.07) is 11.6. The van der Waals surface area contributed by atoms with Gasteiger partial charge in [0.2, 0.25) is 0 Å². The van der Waals surface area contributed by atoms with Gasteiger partial charge >= 0.3 is 0 Å². The average molecular weight is 426 g/mol. The van der Waals surface area contributed by atoms with Crippen LogP contribution in [0, 0.1) is 17.8 Å². The molecular weight excluding hydrogens is 394 g/mol. The number of rotatable bonds is 6. The summed E-state index contributed by atoms with van der Waals surface area (Å²) in [6.07, 6.45) is 1.78. The van der Waals surface area contributed by atoms with Crippen LogP contribution in [0.5, 0.6) is 23.0 Å². The van der Waals surface area contributed by atoms with Gasteiger partial charge in [0.15, 0.2) is 23.0 Å². The van der Waals surface area contributed by atoms with E-state index in [1.165, 1.54) is 0 Å². The minimum absolute atomic E-state index is 0.0526. The Morgan fingerprint density at radius 3 is 1.52 bits per heavy atom. The molecule has 1 aliphatic carbocycles. The zero-order valence-corrected chi connectivity index (χ0v) is 18.8. The first-order valence-electron chi connectivity index (χ1n) is 10.7. The molecule has 4 rings (SSSR count). The van der Waals surface area contributed by atoms with E-state index in [1.807, 2.05) is 36.4 Å². The number of ketones is 1. The predicted octanol–water partition coefficient (Wildman–Crippen LogP) is 4.34. The van der Waals surface area contributed by atoms with Crippen LogP contribution in [0.4, 0.5) is 0 Å². The van der Waals surface area contributed by atoms with E-state index >= 15 is 0 Å². The molecule has 2 aromatic carbocycles. The fourth-order valence-electron chi connectivity index (χ4n) is 5.25. The third-order valence-corrected chi connectivity index (χ3v) is 6.74. The summed E-state index contributed by atoms with van der Waals surface area (Å²) in [4.78, 5) is 13.5. The zero-order valence-electron chi connectivity index (χ0n) is 18.8. The van der Waals surface area contributed by atoms with E-state index in [1.54, 1.807) is 28.4 Å². The van der Waals surface area contributed by atoms with Gasteiger partial charge < -0.3 is 24.3 Å². The number of methoxy groups -OCH3 is 4. The highest BCUT2D eigenvalue weighted by atomic mass is 16.5. The zero-order chi connectivity index (χ0) is 22.1. The highest BCUT2D eigenvalue weighted by molar-refractivity contribution is 5.87. The molecule has 1 unspecified atom stereocenters. The van der Waals surface area contributed by atoms with Crippen LogP contribution in [-0.2, 0) is 4.79 Å². The van der Waals surface area contributed by atoms with Crippen molar-refractivity contribution >= 4 is 5.78 Å². The number of fused-ring (bicyclic) bond motifs is 2. The second-order valence-corrected chi connectivity index (χ2v) is 8.54. The third-order valence-electron chi connectivity index (χ3n) is 6.74. The van der Waals surface area contributed by atoms with Crippen molar-refractivity contribution in [2.45, 2.75) is 31.8 Å². The van der Waals surface area contributed by atoms with Crippen molar-refractivity contribution in [2.24, 2.45) is 17.8 Å². The van der Waals surface area contributed by atoms with Gasteiger partial charge in [0.1, 0.15) is 5.78 Å². The summed E-state index contributed by atoms with van der Waals surface area (Å²) < 4.78 is 21.8. The smallest absolute Gasteiger partial charge is 0.161 e. The number of hydrogen-bond acceptors (Lipinski definition) is 6. The van der Waals surface area contributed by atoms with Crippen molar-refractivity contribution in [3.63, 3.8) is 0 Å². The first-order valence-corrected chi connectivity index (χ1v) is 10.7. The maximum atomic E-state index is 13.5. The Morgan fingerprint density at radius 2 is 1.13 bits per heavy atom. The molecule has 166 valence electrons. The van der Waals surface area contributed by atoms with Crippen LogP contribution in [0.25, 0.3) is 0 Å². The number of benzene rings is 2. The number of ether oxygens (including phenoxy) is 4. The molecule has 5 atom stereocenters. The first-order chi connectivity index (χ1) is 15.0. The molecule has 1 heterocycles. The van der Waals surface area contributed by atoms with Crippen LogP contribution >= 0.6 is 0 Å². The maximum Gasteiger partial charge on any atom is 0.161 e. The van der Waals surface area contributed by atoms with Crippen molar-refractivity contribution in [3.8, 4) is 23.0 Å². The minimum atomic E-state index is -0.0931. The second-order valence-electron chi connectivity index (χ2n) is 8.54. The molecule has 1 aliphatic heterocycles. The van der Waals surface area contributed by atoms with Crippen molar-refractivity contribution < 1.29 is 23.7 Å². The average Bonchev–Trinajstić information content (AvgIpc) is 2.79. The van der Waals surface area contributed by atoms with Gasteiger partial charge in [0.05, 0.1) is 28.4 Å². The molecule has 1 N–H and O–H groups in total. The molecule has 6 heteroatoms. The predicted molar refractivity (Wildman–Crippen MR) is 118 cm³/mol. The van der Waals surface area contributed by atoms with Gasteiger partial charge in [-0.3, -0.25) is 4.79 Å². The summed E-state index contributed by atoms with van der Waals surface area (Å²) in [7, 11) is 6.51. The lowest BCUT2D eigenvalue weighted by Crippen LogP contribution is -2.52. The lowest BCUT2D eigenvalue weighted by Gasteiger charge is -2.47. The Bertz CT molecular complexity index is 885. The number of carbonyl (C=O) groups excluding carboxylic acids is 1. The van der Waals surface area contributed by atoms with Crippen LogP contribution < -0.4 is 24.3 Å². The molecule has 0 amide bonds. The molecule has 2 bridgehead atoms. The number of carbonyl (C=O) groups is 1. The number of piperidine rings is 1. The van der Waals surface area contributed by atoms with Gasteiger partial charge in [-0.2, -0.15) is 0 Å². The van der Waals surface area contributed by atoms with Crippen LogP contribution in [0.1, 0.15) is 43.0 Å². The number of Topliss-reactive ketones (excluding diaryl/α,β-unsaturated/α-hetero) is 1. The quantitative estimate of drug-likeness (QED) is 0.743. The normalized spacial score (nSPS) is 27.5. The molecule has 0 radical (unpaired) electrons. The lowest BCUT2D eigenvalue weighted by atomic mass is 9.64. The topological polar surface area (TPSA) is 66.0 Å². The van der Waals surface area contributed by atoms with E-state index in [0.29, 0.717) is 34.7 Å². The largest absolute Gasteiger partial charge is 0.493 e. The lowest BCUT2D eigenvalue weighted by molar-refractivity contribution is -0.136. The number of hydrogen-bond donors (Lipinski definition) is 1. The third kappa shape index (κ3) is 3.85. The van der Waals surface area contributed by atoms with Gasteiger partial charge in [-0.1, -0.05) is 19.1 Å². The van der Waals surface area contributed by atoms with Crippen LogP contribution in [-0.4, -0.2) is 34.2 Å². The Labute approximate surface area is 183 Å². The molecule has 2 aliphatic rings. The van der Waals surface area contributed by atoms with E-state index in [2.05, 4.69) is 12.2 Å². The fraction of sp³-hybridized carbons (Fsp3) is 0.480. The molecule has 1 saturated heterocycles. The molecule has 0 spiro atoms. The van der Waals surface area contributed by atoms with E-state index < -0.39 is 0 Å². The Kier molecular flexibility index (Phi) is 6.10. The monoisotopic (exact) mass is 425 g/mol. The first kappa shape index (κ1) is 21.5. The van der Waals surface area contributed by atoms with E-state index in [0.717, 1.165) is 24.0 Å². The van der Waals surface area contributed by atoms with Crippen molar-refractivity contribution in [1.82, 2.24) is 5.32 Å². The molecule has 31 heavy (non-hydrogen) atoms. The fourth-order valence-corrected chi connectivity index (χ4v) is 5.25. The summed E-state index contributed by atoms with van der Waals surface area (Å²) in [6.45, 7) is 2.25. The molecular formula is C25H31NO5. The highest BCUT2D eigenvalue weighted by Gasteiger charge is 2.48. The van der Waals surface area contributed by atoms with E-state index in [4.69, 9.17) is 18.9 Å². The van der Waals surface area contributed by atoms with Gasteiger partial charge in [-0.05, 0) is 54.2 Å². The van der Waals surface area contributed by atoms with E-state index in [9.17, 15) is 4.79 Å². The van der Waals surface area contributed by atoms with Gasteiger partial charge in [-0.15, -0.1) is 0 Å². The molecule has 2 fully saturated rings. The summed E-state index contributed by atoms with van der Waals surface area (Å²) in [5.74, 6) is 3.42. The summed E-state index contributed by atoms with van der Waals surface area (Å²) >= 11 is 0. The Hall–Kier alpha value is -2.73. The molecule has 1 saturated carbocycles. The Balaban J connectivity index is 1.75. The molecule has 0 aromatic heterocycles. The number of nitrogens with one attached hydrogen (secondary N) is 1. The van der Waals surface area contributed by atoms with Gasteiger partial charge in [-0.25, -0.2) is 0 Å². The standard InChI is InChI=1S/C25H31NO5/c1-14-10-17-23(15-6-8-19(28-2)21(12-15)30-4)26-24(18(11-14)25(17)27)16-7-9-20(29-3)22(13-16)31-5/h6-9,12-14,17-18,23-24,26H,10-11H2,1-5H3/t14?,17-,18+,23-,24+. The van der Waals surface area contributed by atoms with E-state index in [-0.39, 0.29) is 23.9 Å². The van der Waals surface area contributed by atoms with Gasteiger partial charge in [0.25, 0.3) is 0 Å². The van der Waals surface area contributed by atoms with Gasteiger partial charge in [0, 0.05) is 23.9 Å². The summed E-state index contributed by atoms with van der Waals surface area (Å²) in [5, 5.41) is 3.80. The van der Waals surface area contributed by atoms with Crippen LogP contribution in [0.3, 0.4) is 0 Å². The maximum absolute atomic E-state index is 13.5. The SMILES string of the molecule is COc1ccc([C@H]2N[C@@H](c3ccc(OC)c(OC)c3)[C@@H]3CC(C)C[C@H]2C3=O)cc1OC. The molecule has 2 aromatic rings. The summed E-state index contributed by atoms with van der Waals surface area (Å²) in [5.41, 5.74) is 2.07.